The van der Waals surface area contributed by atoms with Crippen molar-refractivity contribution >= 4 is 22.7 Å². The number of nitrogens with zero attached hydrogens (tertiary/aromatic N) is 1. The number of carbonyl (C=O) groups is 2. The van der Waals surface area contributed by atoms with Gasteiger partial charge in [0.1, 0.15) is 18.9 Å². The van der Waals surface area contributed by atoms with Crippen molar-refractivity contribution in [3.05, 3.63) is 66.4 Å². The van der Waals surface area contributed by atoms with E-state index < -0.39 is 5.91 Å². The van der Waals surface area contributed by atoms with E-state index in [9.17, 15) is 9.59 Å². The number of hydrazine groups is 1. The number of benzene rings is 2. The van der Waals surface area contributed by atoms with Crippen LogP contribution in [-0.2, 0) is 16.1 Å². The zero-order chi connectivity index (χ0) is 19.1. The summed E-state index contributed by atoms with van der Waals surface area (Å²) < 4.78 is 12.3. The van der Waals surface area contributed by atoms with Gasteiger partial charge in [0.05, 0.1) is 12.2 Å². The first-order valence-corrected chi connectivity index (χ1v) is 8.53. The number of ether oxygens (including phenoxy) is 2. The van der Waals surface area contributed by atoms with E-state index in [1.54, 1.807) is 31.4 Å². The van der Waals surface area contributed by atoms with Crippen LogP contribution in [0.1, 0.15) is 10.4 Å². The van der Waals surface area contributed by atoms with E-state index in [4.69, 9.17) is 9.47 Å². The molecule has 3 aromatic rings. The Kier molecular flexibility index (Phi) is 6.06. The molecule has 0 bridgehead atoms. The number of amides is 2. The standard InChI is InChI=1S/C20H21N3O4/c1-26-12-13-27-18-9-5-3-7-16(18)20(25)22-21-19(24)14-23-11-10-15-6-2-4-8-17(15)23/h2-11H,12-14H2,1H3,(H,21,24)(H,22,25). The summed E-state index contributed by atoms with van der Waals surface area (Å²) in [6.07, 6.45) is 1.84. The van der Waals surface area contributed by atoms with Gasteiger partial charge in [-0.05, 0) is 29.7 Å². The van der Waals surface area contributed by atoms with E-state index in [0.29, 0.717) is 24.5 Å². The summed E-state index contributed by atoms with van der Waals surface area (Å²) in [4.78, 5) is 24.6. The van der Waals surface area contributed by atoms with Crippen molar-refractivity contribution in [2.75, 3.05) is 20.3 Å². The van der Waals surface area contributed by atoms with Gasteiger partial charge < -0.3 is 14.0 Å². The Morgan fingerprint density at radius 1 is 0.963 bits per heavy atom. The molecule has 0 spiro atoms. The van der Waals surface area contributed by atoms with Crippen LogP contribution in [0, 0.1) is 0 Å². The zero-order valence-electron chi connectivity index (χ0n) is 15.0. The highest BCUT2D eigenvalue weighted by atomic mass is 16.5. The molecule has 1 heterocycles. The summed E-state index contributed by atoms with van der Waals surface area (Å²) in [6, 6.07) is 16.5. The predicted molar refractivity (Wildman–Crippen MR) is 101 cm³/mol. The van der Waals surface area contributed by atoms with Crippen LogP contribution in [0.4, 0.5) is 0 Å². The van der Waals surface area contributed by atoms with Crippen LogP contribution in [0.2, 0.25) is 0 Å². The Labute approximate surface area is 156 Å². The van der Waals surface area contributed by atoms with Crippen molar-refractivity contribution in [2.45, 2.75) is 6.54 Å². The molecule has 0 aliphatic heterocycles. The average molecular weight is 367 g/mol. The van der Waals surface area contributed by atoms with Crippen molar-refractivity contribution in [2.24, 2.45) is 0 Å². The molecule has 0 radical (unpaired) electrons. The molecule has 0 fully saturated rings. The van der Waals surface area contributed by atoms with Crippen LogP contribution in [0.15, 0.2) is 60.8 Å². The maximum absolute atomic E-state index is 12.4. The number of methoxy groups -OCH3 is 1. The minimum Gasteiger partial charge on any atom is -0.490 e. The lowest BCUT2D eigenvalue weighted by Gasteiger charge is -2.12. The number of nitrogens with one attached hydrogen (secondary N) is 2. The SMILES string of the molecule is COCCOc1ccccc1C(=O)NNC(=O)Cn1ccc2ccccc21. The first kappa shape index (κ1) is 18.5. The number of hydrogen-bond donors (Lipinski definition) is 2. The molecule has 140 valence electrons. The Hall–Kier alpha value is -3.32. The van der Waals surface area contributed by atoms with Crippen LogP contribution in [0.3, 0.4) is 0 Å². The third-order valence-corrected chi connectivity index (χ3v) is 3.99. The predicted octanol–water partition coefficient (Wildman–Crippen LogP) is 2.13. The summed E-state index contributed by atoms with van der Waals surface area (Å²) >= 11 is 0. The number of aromatic nitrogens is 1. The summed E-state index contributed by atoms with van der Waals surface area (Å²) in [5, 5.41) is 1.05. The quantitative estimate of drug-likeness (QED) is 0.495. The van der Waals surface area contributed by atoms with E-state index in [1.165, 1.54) is 0 Å². The van der Waals surface area contributed by atoms with Crippen LogP contribution in [0.25, 0.3) is 10.9 Å². The molecule has 3 rings (SSSR count). The number of carbonyl (C=O) groups excluding carboxylic acids is 2. The van der Waals surface area contributed by atoms with Gasteiger partial charge in [0, 0.05) is 18.8 Å². The van der Waals surface area contributed by atoms with E-state index in [-0.39, 0.29) is 12.5 Å². The molecule has 0 saturated carbocycles. The van der Waals surface area contributed by atoms with Crippen LogP contribution in [-0.4, -0.2) is 36.7 Å². The summed E-state index contributed by atoms with van der Waals surface area (Å²) in [7, 11) is 1.57. The normalized spacial score (nSPS) is 10.6. The van der Waals surface area contributed by atoms with Gasteiger partial charge >= 0.3 is 0 Å². The Morgan fingerprint density at radius 2 is 1.74 bits per heavy atom. The molecular weight excluding hydrogens is 346 g/mol. The fraction of sp³-hybridized carbons (Fsp3) is 0.200. The van der Waals surface area contributed by atoms with Gasteiger partial charge in [-0.2, -0.15) is 0 Å². The number of rotatable bonds is 7. The van der Waals surface area contributed by atoms with E-state index in [0.717, 1.165) is 10.9 Å². The lowest BCUT2D eigenvalue weighted by atomic mass is 10.2. The Bertz CT molecular complexity index is 936. The molecule has 7 nitrogen and oxygen atoms in total. The van der Waals surface area contributed by atoms with Gasteiger partial charge in [-0.25, -0.2) is 0 Å². The second-order valence-electron chi connectivity index (χ2n) is 5.84. The van der Waals surface area contributed by atoms with Crippen molar-refractivity contribution in [3.63, 3.8) is 0 Å². The van der Waals surface area contributed by atoms with Crippen LogP contribution < -0.4 is 15.6 Å². The fourth-order valence-corrected chi connectivity index (χ4v) is 2.68. The molecule has 2 amide bonds. The van der Waals surface area contributed by atoms with Gasteiger partial charge in [-0.1, -0.05) is 30.3 Å². The molecular formula is C20H21N3O4. The zero-order valence-corrected chi connectivity index (χ0v) is 15.0. The van der Waals surface area contributed by atoms with Crippen LogP contribution >= 0.6 is 0 Å². The van der Waals surface area contributed by atoms with Gasteiger partial charge in [-0.15, -0.1) is 0 Å². The molecule has 0 unspecified atom stereocenters. The lowest BCUT2D eigenvalue weighted by Crippen LogP contribution is -2.43. The van der Waals surface area contributed by atoms with Crippen molar-refractivity contribution < 1.29 is 19.1 Å². The fourth-order valence-electron chi connectivity index (χ4n) is 2.68. The Balaban J connectivity index is 1.58. The first-order chi connectivity index (χ1) is 13.2. The van der Waals surface area contributed by atoms with Gasteiger partial charge in [0.15, 0.2) is 0 Å². The molecule has 0 saturated heterocycles. The molecule has 0 aliphatic rings. The molecule has 2 N–H and O–H groups in total. The van der Waals surface area contributed by atoms with Crippen LogP contribution in [0.5, 0.6) is 5.75 Å². The topological polar surface area (TPSA) is 81.6 Å². The first-order valence-electron chi connectivity index (χ1n) is 8.53. The minimum absolute atomic E-state index is 0.0970. The smallest absolute Gasteiger partial charge is 0.273 e. The Morgan fingerprint density at radius 3 is 2.59 bits per heavy atom. The third-order valence-electron chi connectivity index (χ3n) is 3.99. The van der Waals surface area contributed by atoms with Crippen molar-refractivity contribution in [3.8, 4) is 5.75 Å². The molecule has 7 heteroatoms. The van der Waals surface area contributed by atoms with Gasteiger partial charge in [-0.3, -0.25) is 20.4 Å². The van der Waals surface area contributed by atoms with Crippen molar-refractivity contribution in [1.29, 1.82) is 0 Å². The maximum Gasteiger partial charge on any atom is 0.273 e. The minimum atomic E-state index is -0.450. The highest BCUT2D eigenvalue weighted by Crippen LogP contribution is 2.17. The van der Waals surface area contributed by atoms with E-state index in [2.05, 4.69) is 10.9 Å². The van der Waals surface area contributed by atoms with E-state index >= 15 is 0 Å². The molecule has 0 aliphatic carbocycles. The average Bonchev–Trinajstić information content (AvgIpc) is 3.10. The summed E-state index contributed by atoms with van der Waals surface area (Å²) in [6.45, 7) is 0.838. The van der Waals surface area contributed by atoms with E-state index in [1.807, 2.05) is 41.1 Å². The highest BCUT2D eigenvalue weighted by molar-refractivity contribution is 5.97. The van der Waals surface area contributed by atoms with Gasteiger partial charge in [0.2, 0.25) is 0 Å². The maximum atomic E-state index is 12.4. The molecule has 2 aromatic carbocycles. The van der Waals surface area contributed by atoms with Crippen molar-refractivity contribution in [1.82, 2.24) is 15.4 Å². The highest BCUT2D eigenvalue weighted by Gasteiger charge is 2.13. The summed E-state index contributed by atoms with van der Waals surface area (Å²) in [5.74, 6) is -0.353. The molecule has 27 heavy (non-hydrogen) atoms. The third kappa shape index (κ3) is 4.65. The molecule has 0 atom stereocenters. The molecule has 1 aromatic heterocycles. The number of hydrogen-bond acceptors (Lipinski definition) is 4. The monoisotopic (exact) mass is 367 g/mol. The lowest BCUT2D eigenvalue weighted by molar-refractivity contribution is -0.122. The number of fused-ring (bicyclic) bond motifs is 1. The second kappa shape index (κ2) is 8.86. The summed E-state index contributed by atoms with van der Waals surface area (Å²) in [5.41, 5.74) is 6.15. The second-order valence-corrected chi connectivity index (χ2v) is 5.84. The number of para-hydroxylation sites is 2. The van der Waals surface area contributed by atoms with Gasteiger partial charge in [0.25, 0.3) is 11.8 Å². The largest absolute Gasteiger partial charge is 0.490 e.